The van der Waals surface area contributed by atoms with Crippen LogP contribution in [0.15, 0.2) is 0 Å². The van der Waals surface area contributed by atoms with Gasteiger partial charge >= 0.3 is 0 Å². The van der Waals surface area contributed by atoms with Crippen molar-refractivity contribution >= 4 is 15.9 Å². The summed E-state index contributed by atoms with van der Waals surface area (Å²) in [6, 6.07) is 0. The van der Waals surface area contributed by atoms with Gasteiger partial charge in [-0.1, -0.05) is 15.9 Å². The van der Waals surface area contributed by atoms with Gasteiger partial charge in [-0.2, -0.15) is 0 Å². The molecule has 76 valence electrons. The lowest BCUT2D eigenvalue weighted by atomic mass is 9.66. The fourth-order valence-corrected chi connectivity index (χ4v) is 3.55. The predicted octanol–water partition coefficient (Wildman–Crippen LogP) is 2.94. The van der Waals surface area contributed by atoms with E-state index in [1.54, 1.807) is 0 Å². The van der Waals surface area contributed by atoms with Crippen LogP contribution in [0.3, 0.4) is 0 Å². The molecule has 1 spiro atoms. The van der Waals surface area contributed by atoms with Crippen molar-refractivity contribution in [3.63, 3.8) is 0 Å². The first-order valence-corrected chi connectivity index (χ1v) is 6.73. The van der Waals surface area contributed by atoms with Gasteiger partial charge in [-0.25, -0.2) is 0 Å². The van der Waals surface area contributed by atoms with E-state index in [1.807, 2.05) is 0 Å². The molecule has 2 fully saturated rings. The van der Waals surface area contributed by atoms with Crippen LogP contribution < -0.4 is 5.32 Å². The van der Waals surface area contributed by atoms with Crippen LogP contribution in [0, 0.1) is 11.3 Å². The van der Waals surface area contributed by atoms with E-state index in [0.717, 1.165) is 11.3 Å². The second-order valence-electron chi connectivity index (χ2n) is 4.85. The molecule has 1 aliphatic carbocycles. The molecular formula is C11H20BrN. The van der Waals surface area contributed by atoms with Gasteiger partial charge in [0.1, 0.15) is 0 Å². The summed E-state index contributed by atoms with van der Waals surface area (Å²) in [5.74, 6) is 0.973. The maximum Gasteiger partial charge on any atom is 0.00596 e. The summed E-state index contributed by atoms with van der Waals surface area (Å²) in [5, 5.41) is 4.70. The van der Waals surface area contributed by atoms with Gasteiger partial charge in [0.2, 0.25) is 0 Å². The number of halogens is 1. The van der Waals surface area contributed by atoms with Gasteiger partial charge < -0.3 is 5.32 Å². The fraction of sp³-hybridized carbons (Fsp3) is 1.00. The highest BCUT2D eigenvalue weighted by molar-refractivity contribution is 9.09. The largest absolute Gasteiger partial charge is 0.317 e. The summed E-state index contributed by atoms with van der Waals surface area (Å²) in [4.78, 5) is 0. The Labute approximate surface area is 89.8 Å². The van der Waals surface area contributed by atoms with E-state index in [1.165, 1.54) is 56.9 Å². The molecule has 1 heterocycles. The number of alkyl halides is 1. The summed E-state index contributed by atoms with van der Waals surface area (Å²) in [6.45, 7) is 2.53. The van der Waals surface area contributed by atoms with Crippen molar-refractivity contribution in [3.05, 3.63) is 0 Å². The van der Waals surface area contributed by atoms with Crippen molar-refractivity contribution in [2.75, 3.05) is 18.4 Å². The van der Waals surface area contributed by atoms with Crippen LogP contribution in [0.4, 0.5) is 0 Å². The van der Waals surface area contributed by atoms with E-state index in [4.69, 9.17) is 0 Å². The van der Waals surface area contributed by atoms with Crippen molar-refractivity contribution < 1.29 is 0 Å². The van der Waals surface area contributed by atoms with Gasteiger partial charge in [0, 0.05) is 5.33 Å². The van der Waals surface area contributed by atoms with Crippen molar-refractivity contribution in [2.45, 2.75) is 38.5 Å². The minimum atomic E-state index is 0.754. The third-order valence-corrected chi connectivity index (χ3v) is 4.96. The Morgan fingerprint density at radius 2 is 1.69 bits per heavy atom. The van der Waals surface area contributed by atoms with E-state index in [0.29, 0.717) is 0 Å². The molecule has 0 aromatic heterocycles. The average Bonchev–Trinajstić information content (AvgIpc) is 2.20. The molecule has 13 heavy (non-hydrogen) atoms. The average molecular weight is 246 g/mol. The van der Waals surface area contributed by atoms with Crippen LogP contribution in [0.5, 0.6) is 0 Å². The predicted molar refractivity (Wildman–Crippen MR) is 60.3 cm³/mol. The van der Waals surface area contributed by atoms with Crippen molar-refractivity contribution in [2.24, 2.45) is 11.3 Å². The highest BCUT2D eigenvalue weighted by atomic mass is 79.9. The standard InChI is InChI=1S/C11H20BrN/c12-9-10-1-3-11(4-2-10)5-7-13-8-6-11/h10,13H,1-9H2. The van der Waals surface area contributed by atoms with E-state index >= 15 is 0 Å². The Morgan fingerprint density at radius 1 is 1.08 bits per heavy atom. The molecule has 0 bridgehead atoms. The minimum Gasteiger partial charge on any atom is -0.317 e. The molecule has 2 heteroatoms. The monoisotopic (exact) mass is 245 g/mol. The second-order valence-corrected chi connectivity index (χ2v) is 5.50. The fourth-order valence-electron chi connectivity index (χ4n) is 2.90. The smallest absolute Gasteiger partial charge is 0.00596 e. The zero-order chi connectivity index (χ0) is 9.15. The molecule has 1 aliphatic heterocycles. The number of rotatable bonds is 1. The highest BCUT2D eigenvalue weighted by Gasteiger charge is 2.35. The summed E-state index contributed by atoms with van der Waals surface area (Å²) in [6.07, 6.45) is 8.77. The van der Waals surface area contributed by atoms with Gasteiger partial charge in [0.05, 0.1) is 0 Å². The van der Waals surface area contributed by atoms with Crippen LogP contribution in [-0.2, 0) is 0 Å². The third kappa shape index (κ3) is 2.27. The SMILES string of the molecule is BrCC1CCC2(CCNCC2)CC1. The molecule has 0 amide bonds. The first kappa shape index (κ1) is 9.97. The van der Waals surface area contributed by atoms with Crippen molar-refractivity contribution in [1.82, 2.24) is 5.32 Å². The van der Waals surface area contributed by atoms with E-state index in [2.05, 4.69) is 21.2 Å². The summed E-state index contributed by atoms with van der Waals surface area (Å²) >= 11 is 3.61. The molecule has 0 atom stereocenters. The van der Waals surface area contributed by atoms with Crippen molar-refractivity contribution in [3.8, 4) is 0 Å². The summed E-state index contributed by atoms with van der Waals surface area (Å²) in [7, 11) is 0. The van der Waals surface area contributed by atoms with Crippen LogP contribution in [0.1, 0.15) is 38.5 Å². The Balaban J connectivity index is 1.87. The first-order chi connectivity index (χ1) is 6.35. The zero-order valence-electron chi connectivity index (χ0n) is 8.32. The quantitative estimate of drug-likeness (QED) is 0.701. The molecule has 1 saturated heterocycles. The van der Waals surface area contributed by atoms with E-state index in [-0.39, 0.29) is 0 Å². The summed E-state index contributed by atoms with van der Waals surface area (Å²) < 4.78 is 0. The topological polar surface area (TPSA) is 12.0 Å². The van der Waals surface area contributed by atoms with E-state index < -0.39 is 0 Å². The first-order valence-electron chi connectivity index (χ1n) is 5.61. The second kappa shape index (κ2) is 4.31. The lowest BCUT2D eigenvalue weighted by molar-refractivity contribution is 0.112. The maximum atomic E-state index is 3.61. The molecule has 0 radical (unpaired) electrons. The van der Waals surface area contributed by atoms with Gasteiger partial charge in [-0.15, -0.1) is 0 Å². The molecule has 0 unspecified atom stereocenters. The molecule has 0 aromatic carbocycles. The molecular weight excluding hydrogens is 226 g/mol. The summed E-state index contributed by atoms with van der Waals surface area (Å²) in [5.41, 5.74) is 0.754. The number of piperidine rings is 1. The Bertz CT molecular complexity index is 153. The van der Waals surface area contributed by atoms with Gasteiger partial charge in [0.15, 0.2) is 0 Å². The van der Waals surface area contributed by atoms with Gasteiger partial charge in [-0.05, 0) is 62.9 Å². The Morgan fingerprint density at radius 3 is 2.23 bits per heavy atom. The Kier molecular flexibility index (Phi) is 3.31. The third-order valence-electron chi connectivity index (χ3n) is 4.05. The van der Waals surface area contributed by atoms with Crippen molar-refractivity contribution in [1.29, 1.82) is 0 Å². The van der Waals surface area contributed by atoms with Gasteiger partial charge in [0.25, 0.3) is 0 Å². The molecule has 2 aliphatic rings. The number of hydrogen-bond acceptors (Lipinski definition) is 1. The minimum absolute atomic E-state index is 0.754. The molecule has 2 rings (SSSR count). The number of nitrogens with one attached hydrogen (secondary N) is 1. The Hall–Kier alpha value is 0.440. The van der Waals surface area contributed by atoms with Crippen LogP contribution >= 0.6 is 15.9 Å². The molecule has 1 N–H and O–H groups in total. The zero-order valence-corrected chi connectivity index (χ0v) is 9.91. The number of hydrogen-bond donors (Lipinski definition) is 1. The molecule has 1 saturated carbocycles. The molecule has 0 aromatic rings. The van der Waals surface area contributed by atoms with Gasteiger partial charge in [-0.3, -0.25) is 0 Å². The van der Waals surface area contributed by atoms with Crippen LogP contribution in [-0.4, -0.2) is 18.4 Å². The maximum absolute atomic E-state index is 3.61. The highest BCUT2D eigenvalue weighted by Crippen LogP contribution is 2.45. The normalized spacial score (nSPS) is 29.3. The van der Waals surface area contributed by atoms with Crippen LogP contribution in [0.25, 0.3) is 0 Å². The van der Waals surface area contributed by atoms with E-state index in [9.17, 15) is 0 Å². The lowest BCUT2D eigenvalue weighted by Gasteiger charge is -2.43. The molecule has 1 nitrogen and oxygen atoms in total. The van der Waals surface area contributed by atoms with Crippen LogP contribution in [0.2, 0.25) is 0 Å². The lowest BCUT2D eigenvalue weighted by Crippen LogP contribution is -2.39.